The van der Waals surface area contributed by atoms with Crippen molar-refractivity contribution in [2.45, 2.75) is 32.7 Å². The van der Waals surface area contributed by atoms with Gasteiger partial charge in [0.2, 0.25) is 0 Å². The van der Waals surface area contributed by atoms with Gasteiger partial charge < -0.3 is 4.90 Å². The third-order valence-electron chi connectivity index (χ3n) is 3.40. The van der Waals surface area contributed by atoms with Gasteiger partial charge in [-0.05, 0) is 26.7 Å². The number of hydrogen-bond donors (Lipinski definition) is 0. The van der Waals surface area contributed by atoms with Crippen LogP contribution in [0, 0.1) is 6.92 Å². The van der Waals surface area contributed by atoms with Gasteiger partial charge in [-0.2, -0.15) is 19.6 Å². The summed E-state index contributed by atoms with van der Waals surface area (Å²) in [7, 11) is 0. The fourth-order valence-corrected chi connectivity index (χ4v) is 2.63. The number of hydrogen-bond acceptors (Lipinski definition) is 4. The molecule has 0 bridgehead atoms. The average Bonchev–Trinajstić information content (AvgIpc) is 2.89. The molecular formula is C11H14ClN5. The molecule has 90 valence electrons. The quantitative estimate of drug-likeness (QED) is 0.728. The summed E-state index contributed by atoms with van der Waals surface area (Å²) in [5, 5.41) is 4.76. The molecule has 3 heterocycles. The van der Waals surface area contributed by atoms with Gasteiger partial charge in [0.05, 0.1) is 0 Å². The highest BCUT2D eigenvalue weighted by Gasteiger charge is 2.26. The van der Waals surface area contributed by atoms with E-state index in [1.807, 2.05) is 6.92 Å². The first kappa shape index (κ1) is 10.8. The van der Waals surface area contributed by atoms with Crippen LogP contribution >= 0.6 is 11.6 Å². The fraction of sp³-hybridized carbons (Fsp3) is 0.545. The van der Waals surface area contributed by atoms with Crippen LogP contribution in [0.1, 0.15) is 25.3 Å². The van der Waals surface area contributed by atoms with E-state index in [2.05, 4.69) is 26.9 Å². The SMILES string of the molecule is Cc1c(Cl)nc2ncnn2c1N1CCCC1C. The van der Waals surface area contributed by atoms with E-state index in [4.69, 9.17) is 11.6 Å². The summed E-state index contributed by atoms with van der Waals surface area (Å²) in [5.41, 5.74) is 0.971. The van der Waals surface area contributed by atoms with Crippen LogP contribution in [-0.2, 0) is 0 Å². The standard InChI is InChI=1S/C11H14ClN5/c1-7-4-3-5-16(7)10-8(2)9(12)15-11-13-6-14-17(10)11/h6-7H,3-5H2,1-2H3. The summed E-state index contributed by atoms with van der Waals surface area (Å²) in [6.45, 7) is 5.25. The maximum atomic E-state index is 6.16. The first-order chi connectivity index (χ1) is 8.18. The first-order valence-corrected chi connectivity index (χ1v) is 6.19. The number of nitrogens with zero attached hydrogens (tertiary/aromatic N) is 5. The normalized spacial score (nSPS) is 20.4. The molecule has 0 radical (unpaired) electrons. The molecule has 5 nitrogen and oxygen atoms in total. The van der Waals surface area contributed by atoms with Crippen molar-refractivity contribution in [1.82, 2.24) is 19.6 Å². The van der Waals surface area contributed by atoms with E-state index in [0.717, 1.165) is 17.9 Å². The Morgan fingerprint density at radius 3 is 3.00 bits per heavy atom. The molecule has 3 rings (SSSR count). The van der Waals surface area contributed by atoms with Gasteiger partial charge >= 0.3 is 0 Å². The average molecular weight is 252 g/mol. The Bertz CT molecular complexity index is 564. The molecule has 1 fully saturated rings. The third kappa shape index (κ3) is 1.57. The summed E-state index contributed by atoms with van der Waals surface area (Å²) in [5.74, 6) is 1.59. The lowest BCUT2D eigenvalue weighted by Crippen LogP contribution is -2.29. The molecule has 0 aliphatic carbocycles. The molecule has 17 heavy (non-hydrogen) atoms. The largest absolute Gasteiger partial charge is 0.353 e. The second kappa shape index (κ2) is 3.84. The molecular weight excluding hydrogens is 238 g/mol. The van der Waals surface area contributed by atoms with Crippen LogP contribution in [0.5, 0.6) is 0 Å². The lowest BCUT2D eigenvalue weighted by molar-refractivity contribution is 0.709. The van der Waals surface area contributed by atoms with Crippen molar-refractivity contribution in [2.75, 3.05) is 11.4 Å². The highest BCUT2D eigenvalue weighted by Crippen LogP contribution is 2.30. The van der Waals surface area contributed by atoms with Gasteiger partial charge in [-0.3, -0.25) is 0 Å². The Hall–Kier alpha value is -1.36. The molecule has 2 aromatic rings. The van der Waals surface area contributed by atoms with Crippen molar-refractivity contribution in [2.24, 2.45) is 0 Å². The van der Waals surface area contributed by atoms with Crippen molar-refractivity contribution in [3.05, 3.63) is 17.0 Å². The van der Waals surface area contributed by atoms with Gasteiger partial charge in [0.15, 0.2) is 0 Å². The predicted molar refractivity (Wildman–Crippen MR) is 66.6 cm³/mol. The fourth-order valence-electron chi connectivity index (χ4n) is 2.47. The van der Waals surface area contributed by atoms with E-state index < -0.39 is 0 Å². The van der Waals surface area contributed by atoms with Crippen LogP contribution in [0.25, 0.3) is 5.78 Å². The van der Waals surface area contributed by atoms with Crippen molar-refractivity contribution in [3.63, 3.8) is 0 Å². The molecule has 1 saturated heterocycles. The summed E-state index contributed by atoms with van der Waals surface area (Å²) in [4.78, 5) is 10.7. The lowest BCUT2D eigenvalue weighted by Gasteiger charge is -2.25. The smallest absolute Gasteiger partial charge is 0.255 e. The molecule has 6 heteroatoms. The molecule has 1 aliphatic heterocycles. The van der Waals surface area contributed by atoms with Gasteiger partial charge in [0.1, 0.15) is 17.3 Å². The predicted octanol–water partition coefficient (Wildman–Crippen LogP) is 2.07. The van der Waals surface area contributed by atoms with E-state index in [1.165, 1.54) is 19.2 Å². The van der Waals surface area contributed by atoms with Crippen molar-refractivity contribution in [1.29, 1.82) is 0 Å². The van der Waals surface area contributed by atoms with Crippen LogP contribution in [0.15, 0.2) is 6.33 Å². The second-order valence-corrected chi connectivity index (χ2v) is 4.87. The lowest BCUT2D eigenvalue weighted by atomic mass is 10.2. The van der Waals surface area contributed by atoms with Gasteiger partial charge in [-0.1, -0.05) is 11.6 Å². The number of halogens is 1. The van der Waals surface area contributed by atoms with Gasteiger partial charge in [0, 0.05) is 18.2 Å². The van der Waals surface area contributed by atoms with E-state index >= 15 is 0 Å². The Kier molecular flexibility index (Phi) is 2.43. The summed E-state index contributed by atoms with van der Waals surface area (Å²) < 4.78 is 1.78. The number of rotatable bonds is 1. The van der Waals surface area contributed by atoms with Crippen LogP contribution in [0.3, 0.4) is 0 Å². The van der Waals surface area contributed by atoms with E-state index in [1.54, 1.807) is 4.52 Å². The molecule has 1 unspecified atom stereocenters. The third-order valence-corrected chi connectivity index (χ3v) is 3.77. The zero-order valence-electron chi connectivity index (χ0n) is 9.89. The second-order valence-electron chi connectivity index (χ2n) is 4.51. The van der Waals surface area contributed by atoms with Crippen LogP contribution in [-0.4, -0.2) is 32.2 Å². The zero-order chi connectivity index (χ0) is 12.0. The molecule has 0 saturated carbocycles. The Balaban J connectivity index is 2.25. The minimum absolute atomic E-state index is 0.513. The Labute approximate surface area is 104 Å². The van der Waals surface area contributed by atoms with Crippen LogP contribution in [0.2, 0.25) is 5.15 Å². The monoisotopic (exact) mass is 251 g/mol. The summed E-state index contributed by atoms with van der Waals surface area (Å²) >= 11 is 6.16. The van der Waals surface area contributed by atoms with Crippen molar-refractivity contribution < 1.29 is 0 Å². The molecule has 2 aromatic heterocycles. The summed E-state index contributed by atoms with van der Waals surface area (Å²) in [6.07, 6.45) is 3.93. The topological polar surface area (TPSA) is 46.3 Å². The van der Waals surface area contributed by atoms with Gasteiger partial charge in [-0.25, -0.2) is 0 Å². The molecule has 0 N–H and O–H groups in total. The molecule has 1 atom stereocenters. The zero-order valence-corrected chi connectivity index (χ0v) is 10.6. The highest BCUT2D eigenvalue weighted by atomic mass is 35.5. The molecule has 0 spiro atoms. The van der Waals surface area contributed by atoms with Crippen molar-refractivity contribution >= 4 is 23.2 Å². The maximum Gasteiger partial charge on any atom is 0.255 e. The minimum atomic E-state index is 0.513. The molecule has 0 aromatic carbocycles. The van der Waals surface area contributed by atoms with E-state index in [9.17, 15) is 0 Å². The van der Waals surface area contributed by atoms with Gasteiger partial charge in [-0.15, -0.1) is 0 Å². The maximum absolute atomic E-state index is 6.16. The highest BCUT2D eigenvalue weighted by molar-refractivity contribution is 6.30. The Morgan fingerprint density at radius 2 is 2.29 bits per heavy atom. The van der Waals surface area contributed by atoms with Crippen LogP contribution in [0.4, 0.5) is 5.82 Å². The van der Waals surface area contributed by atoms with Crippen molar-refractivity contribution in [3.8, 4) is 0 Å². The molecule has 1 aliphatic rings. The molecule has 0 amide bonds. The number of fused-ring (bicyclic) bond motifs is 1. The first-order valence-electron chi connectivity index (χ1n) is 5.81. The number of anilines is 1. The van der Waals surface area contributed by atoms with E-state index in [-0.39, 0.29) is 0 Å². The Morgan fingerprint density at radius 1 is 1.47 bits per heavy atom. The number of aromatic nitrogens is 4. The minimum Gasteiger partial charge on any atom is -0.353 e. The van der Waals surface area contributed by atoms with Crippen LogP contribution < -0.4 is 4.90 Å². The van der Waals surface area contributed by atoms with E-state index in [0.29, 0.717) is 17.0 Å². The van der Waals surface area contributed by atoms with Gasteiger partial charge in [0.25, 0.3) is 5.78 Å². The summed E-state index contributed by atoms with van der Waals surface area (Å²) in [6, 6.07) is 0.513.